The lowest BCUT2D eigenvalue weighted by atomic mass is 9.88. The van der Waals surface area contributed by atoms with Crippen molar-refractivity contribution in [2.45, 2.75) is 44.7 Å². The van der Waals surface area contributed by atoms with Crippen molar-refractivity contribution < 1.29 is 9.26 Å². The first-order valence-electron chi connectivity index (χ1n) is 8.62. The summed E-state index contributed by atoms with van der Waals surface area (Å²) in [5.74, 6) is 1.95. The van der Waals surface area contributed by atoms with Crippen LogP contribution in [0.2, 0.25) is 0 Å². The summed E-state index contributed by atoms with van der Waals surface area (Å²) in [7, 11) is 6.04. The minimum absolute atomic E-state index is 0.104. The number of nitrogens with zero attached hydrogens (tertiary/aromatic N) is 3. The van der Waals surface area contributed by atoms with E-state index in [1.165, 1.54) is 0 Å². The summed E-state index contributed by atoms with van der Waals surface area (Å²) >= 11 is 0. The maximum absolute atomic E-state index is 5.52. The van der Waals surface area contributed by atoms with E-state index < -0.39 is 0 Å². The molecule has 7 nitrogen and oxygen atoms in total. The van der Waals surface area contributed by atoms with E-state index in [9.17, 15) is 0 Å². The van der Waals surface area contributed by atoms with Crippen LogP contribution in [0.25, 0.3) is 0 Å². The quantitative estimate of drug-likeness (QED) is 0.606. The first kappa shape index (κ1) is 18.7. The predicted octanol–water partition coefficient (Wildman–Crippen LogP) is 1.57. The molecule has 0 atom stereocenters. The molecule has 1 fully saturated rings. The number of hydrogen-bond donors (Lipinski definition) is 2. The van der Waals surface area contributed by atoms with Crippen LogP contribution in [0.1, 0.15) is 44.1 Å². The molecule has 2 N–H and O–H groups in total. The van der Waals surface area contributed by atoms with Gasteiger partial charge >= 0.3 is 0 Å². The molecule has 0 bridgehead atoms. The number of aliphatic imine (C=N–C) groups is 1. The summed E-state index contributed by atoms with van der Waals surface area (Å²) in [6.45, 7) is 7.21. The summed E-state index contributed by atoms with van der Waals surface area (Å²) in [5.41, 5.74) is 1.08. The van der Waals surface area contributed by atoms with Crippen LogP contribution in [0.3, 0.4) is 0 Å². The largest absolute Gasteiger partial charge is 0.381 e. The maximum Gasteiger partial charge on any atom is 0.191 e. The van der Waals surface area contributed by atoms with Crippen LogP contribution in [0.4, 0.5) is 0 Å². The fourth-order valence-electron chi connectivity index (χ4n) is 2.86. The summed E-state index contributed by atoms with van der Waals surface area (Å²) in [4.78, 5) is 6.60. The van der Waals surface area contributed by atoms with E-state index in [0.29, 0.717) is 12.5 Å². The van der Waals surface area contributed by atoms with Gasteiger partial charge in [-0.3, -0.25) is 4.99 Å². The van der Waals surface area contributed by atoms with Gasteiger partial charge in [0.15, 0.2) is 11.7 Å². The molecule has 0 unspecified atom stereocenters. The van der Waals surface area contributed by atoms with E-state index in [1.54, 1.807) is 7.05 Å². The first-order chi connectivity index (χ1) is 11.5. The van der Waals surface area contributed by atoms with Crippen LogP contribution in [0.15, 0.2) is 15.6 Å². The molecule has 0 amide bonds. The van der Waals surface area contributed by atoms with Crippen molar-refractivity contribution in [1.82, 2.24) is 20.7 Å². The Kier molecular flexibility index (Phi) is 6.62. The standard InChI is InChI=1S/C17H31N5O2/c1-13(2)15-10-14(24-21-15)11-19-16(18-3)20-12-17(22(4)5)6-8-23-9-7-17/h10,13H,6-9,11-12H2,1-5H3,(H2,18,19,20). The molecule has 1 aromatic heterocycles. The lowest BCUT2D eigenvalue weighted by Gasteiger charge is -2.43. The van der Waals surface area contributed by atoms with Crippen LogP contribution < -0.4 is 10.6 Å². The van der Waals surface area contributed by atoms with E-state index in [4.69, 9.17) is 9.26 Å². The monoisotopic (exact) mass is 337 g/mol. The van der Waals surface area contributed by atoms with Gasteiger partial charge in [-0.15, -0.1) is 0 Å². The second-order valence-electron chi connectivity index (χ2n) is 6.88. The van der Waals surface area contributed by atoms with Gasteiger partial charge in [-0.25, -0.2) is 0 Å². The van der Waals surface area contributed by atoms with Crippen LogP contribution in [0.5, 0.6) is 0 Å². The summed E-state index contributed by atoms with van der Waals surface area (Å²) in [6.07, 6.45) is 2.04. The molecule has 0 saturated carbocycles. The average Bonchev–Trinajstić information content (AvgIpc) is 3.05. The molecule has 1 aromatic rings. The molecule has 0 radical (unpaired) electrons. The molecule has 2 rings (SSSR count). The Morgan fingerprint density at radius 3 is 2.58 bits per heavy atom. The molecule has 136 valence electrons. The third-order valence-corrected chi connectivity index (χ3v) is 4.78. The van der Waals surface area contributed by atoms with E-state index in [1.807, 2.05) is 6.07 Å². The van der Waals surface area contributed by atoms with Gasteiger partial charge in [0.05, 0.1) is 12.2 Å². The fraction of sp³-hybridized carbons (Fsp3) is 0.765. The highest BCUT2D eigenvalue weighted by Crippen LogP contribution is 2.25. The van der Waals surface area contributed by atoms with E-state index >= 15 is 0 Å². The van der Waals surface area contributed by atoms with Crippen molar-refractivity contribution in [1.29, 1.82) is 0 Å². The maximum atomic E-state index is 5.52. The number of rotatable bonds is 6. The number of likely N-dealkylation sites (N-methyl/N-ethyl adjacent to an activating group) is 1. The molecular formula is C17H31N5O2. The van der Waals surface area contributed by atoms with Gasteiger partial charge in [0, 0.05) is 38.4 Å². The van der Waals surface area contributed by atoms with Crippen LogP contribution in [-0.4, -0.2) is 62.5 Å². The highest BCUT2D eigenvalue weighted by Gasteiger charge is 2.34. The van der Waals surface area contributed by atoms with Crippen molar-refractivity contribution in [2.75, 3.05) is 40.9 Å². The average molecular weight is 337 g/mol. The van der Waals surface area contributed by atoms with Crippen molar-refractivity contribution in [3.8, 4) is 0 Å². The molecule has 2 heterocycles. The molecule has 1 aliphatic rings. The number of hydrogen-bond acceptors (Lipinski definition) is 5. The number of nitrogens with one attached hydrogen (secondary N) is 2. The molecule has 1 aliphatic heterocycles. The second-order valence-corrected chi connectivity index (χ2v) is 6.88. The van der Waals surface area contributed by atoms with Gasteiger partial charge < -0.3 is 24.8 Å². The third kappa shape index (κ3) is 4.70. The summed E-state index contributed by atoms with van der Waals surface area (Å²) in [6, 6.07) is 1.99. The normalized spacial score (nSPS) is 18.2. The van der Waals surface area contributed by atoms with Crippen LogP contribution in [-0.2, 0) is 11.3 Å². The molecule has 1 saturated heterocycles. The van der Waals surface area contributed by atoms with Gasteiger partial charge in [0.2, 0.25) is 0 Å². The zero-order chi connectivity index (χ0) is 17.6. The van der Waals surface area contributed by atoms with Crippen molar-refractivity contribution >= 4 is 5.96 Å². The van der Waals surface area contributed by atoms with Crippen molar-refractivity contribution in [3.05, 3.63) is 17.5 Å². The van der Waals surface area contributed by atoms with E-state index in [0.717, 1.165) is 50.0 Å². The van der Waals surface area contributed by atoms with Gasteiger partial charge in [-0.1, -0.05) is 19.0 Å². The zero-order valence-electron chi connectivity index (χ0n) is 15.6. The summed E-state index contributed by atoms with van der Waals surface area (Å²) < 4.78 is 10.9. The van der Waals surface area contributed by atoms with Gasteiger partial charge in [-0.05, 0) is 32.9 Å². The highest BCUT2D eigenvalue weighted by molar-refractivity contribution is 5.79. The first-order valence-corrected chi connectivity index (χ1v) is 8.62. The number of guanidine groups is 1. The Balaban J connectivity index is 1.87. The van der Waals surface area contributed by atoms with Crippen LogP contribution in [0, 0.1) is 0 Å². The fourth-order valence-corrected chi connectivity index (χ4v) is 2.86. The molecule has 0 spiro atoms. The Labute approximate surface area is 144 Å². The van der Waals surface area contributed by atoms with Gasteiger partial charge in [0.25, 0.3) is 0 Å². The highest BCUT2D eigenvalue weighted by atomic mass is 16.5. The van der Waals surface area contributed by atoms with Gasteiger partial charge in [-0.2, -0.15) is 0 Å². The Hall–Kier alpha value is -1.60. The second kappa shape index (κ2) is 8.48. The molecule has 7 heteroatoms. The lowest BCUT2D eigenvalue weighted by molar-refractivity contribution is -0.00501. The minimum Gasteiger partial charge on any atom is -0.381 e. The van der Waals surface area contributed by atoms with E-state index in [2.05, 4.69) is 53.6 Å². The predicted molar refractivity (Wildman–Crippen MR) is 95.3 cm³/mol. The zero-order valence-corrected chi connectivity index (χ0v) is 15.6. The lowest BCUT2D eigenvalue weighted by Crippen LogP contribution is -2.57. The van der Waals surface area contributed by atoms with Crippen LogP contribution >= 0.6 is 0 Å². The van der Waals surface area contributed by atoms with Crippen molar-refractivity contribution in [2.24, 2.45) is 4.99 Å². The number of aromatic nitrogens is 1. The molecule has 0 aliphatic carbocycles. The third-order valence-electron chi connectivity index (χ3n) is 4.78. The minimum atomic E-state index is 0.104. The molecular weight excluding hydrogens is 306 g/mol. The van der Waals surface area contributed by atoms with Crippen molar-refractivity contribution in [3.63, 3.8) is 0 Å². The Bertz CT molecular complexity index is 533. The summed E-state index contributed by atoms with van der Waals surface area (Å²) in [5, 5.41) is 10.8. The van der Waals surface area contributed by atoms with E-state index in [-0.39, 0.29) is 5.54 Å². The molecule has 24 heavy (non-hydrogen) atoms. The Morgan fingerprint density at radius 2 is 2.04 bits per heavy atom. The topological polar surface area (TPSA) is 74.9 Å². The number of ether oxygens (including phenoxy) is 1. The SMILES string of the molecule is CN=C(NCc1cc(C(C)C)no1)NCC1(N(C)C)CCOCC1. The molecule has 0 aromatic carbocycles. The smallest absolute Gasteiger partial charge is 0.191 e. The van der Waals surface area contributed by atoms with Gasteiger partial charge in [0.1, 0.15) is 0 Å². The Morgan fingerprint density at radius 1 is 1.33 bits per heavy atom.